The van der Waals surface area contributed by atoms with Crippen molar-refractivity contribution < 1.29 is 9.53 Å². The molecule has 1 amide bonds. The summed E-state index contributed by atoms with van der Waals surface area (Å²) >= 11 is 1.58. The Kier molecular flexibility index (Phi) is 4.90. The van der Waals surface area contributed by atoms with E-state index in [1.54, 1.807) is 36.8 Å². The van der Waals surface area contributed by atoms with Crippen molar-refractivity contribution in [2.45, 2.75) is 6.54 Å². The van der Waals surface area contributed by atoms with Crippen LogP contribution in [0.2, 0.25) is 0 Å². The Morgan fingerprint density at radius 3 is 2.68 bits per heavy atom. The highest BCUT2D eigenvalue weighted by molar-refractivity contribution is 7.13. The van der Waals surface area contributed by atoms with Gasteiger partial charge in [-0.25, -0.2) is 4.98 Å². The van der Waals surface area contributed by atoms with Gasteiger partial charge in [-0.1, -0.05) is 18.2 Å². The monoisotopic (exact) mass is 390 g/mol. The van der Waals surface area contributed by atoms with E-state index in [1.807, 2.05) is 52.5 Å². The molecule has 2 aromatic carbocycles. The first-order valence-corrected chi connectivity index (χ1v) is 9.53. The minimum Gasteiger partial charge on any atom is -0.497 e. The zero-order chi connectivity index (χ0) is 19.5. The number of amides is 1. The number of hydrogen-bond donors (Lipinski definition) is 1. The van der Waals surface area contributed by atoms with Crippen molar-refractivity contribution in [3.8, 4) is 27.6 Å². The molecule has 0 aliphatic heterocycles. The summed E-state index contributed by atoms with van der Waals surface area (Å²) in [6.45, 7) is 0.502. The maximum atomic E-state index is 11.8. The fourth-order valence-corrected chi connectivity index (χ4v) is 3.83. The van der Waals surface area contributed by atoms with E-state index in [0.717, 1.165) is 33.3 Å². The predicted octanol–water partition coefficient (Wildman–Crippen LogP) is 3.83. The van der Waals surface area contributed by atoms with Crippen LogP contribution in [0.1, 0.15) is 16.1 Å². The van der Waals surface area contributed by atoms with Crippen molar-refractivity contribution in [2.24, 2.45) is 5.73 Å². The number of methoxy groups -OCH3 is 1. The molecular weight excluding hydrogens is 372 g/mol. The van der Waals surface area contributed by atoms with Crippen LogP contribution in [0.3, 0.4) is 0 Å². The van der Waals surface area contributed by atoms with Crippen molar-refractivity contribution in [1.29, 1.82) is 0 Å². The molecule has 0 saturated carbocycles. The summed E-state index contributed by atoms with van der Waals surface area (Å²) in [6, 6.07) is 17.0. The van der Waals surface area contributed by atoms with Crippen LogP contribution in [0.4, 0.5) is 0 Å². The average Bonchev–Trinajstić information content (AvgIpc) is 3.38. The molecule has 0 spiro atoms. The van der Waals surface area contributed by atoms with Crippen LogP contribution in [0, 0.1) is 0 Å². The third-order valence-corrected chi connectivity index (χ3v) is 5.33. The summed E-state index contributed by atoms with van der Waals surface area (Å²) < 4.78 is 7.03. The van der Waals surface area contributed by atoms with Crippen molar-refractivity contribution in [1.82, 2.24) is 14.8 Å². The van der Waals surface area contributed by atoms with Gasteiger partial charge in [0, 0.05) is 28.3 Å². The topological polar surface area (TPSA) is 83.0 Å². The molecule has 28 heavy (non-hydrogen) atoms. The Balaban J connectivity index is 1.61. The molecule has 0 aliphatic carbocycles. The second kappa shape index (κ2) is 7.66. The van der Waals surface area contributed by atoms with Crippen LogP contribution in [0.5, 0.6) is 5.75 Å². The van der Waals surface area contributed by atoms with E-state index in [2.05, 4.69) is 5.10 Å². The van der Waals surface area contributed by atoms with Gasteiger partial charge in [-0.3, -0.25) is 9.48 Å². The SMILES string of the molecule is COc1ccc(-c2nc(Cn3nccc3-c3ccccc3C(N)=O)cs2)cc1. The highest BCUT2D eigenvalue weighted by Gasteiger charge is 2.14. The Morgan fingerprint density at radius 2 is 1.93 bits per heavy atom. The van der Waals surface area contributed by atoms with Crippen molar-refractivity contribution in [3.05, 3.63) is 77.4 Å². The number of nitrogens with zero attached hydrogens (tertiary/aromatic N) is 3. The van der Waals surface area contributed by atoms with Crippen LogP contribution < -0.4 is 10.5 Å². The molecule has 140 valence electrons. The lowest BCUT2D eigenvalue weighted by atomic mass is 10.0. The summed E-state index contributed by atoms with van der Waals surface area (Å²) in [6.07, 6.45) is 1.71. The lowest BCUT2D eigenvalue weighted by Crippen LogP contribution is -2.13. The third-order valence-electron chi connectivity index (χ3n) is 4.39. The van der Waals surface area contributed by atoms with Gasteiger partial charge in [0.25, 0.3) is 0 Å². The van der Waals surface area contributed by atoms with Gasteiger partial charge < -0.3 is 10.5 Å². The van der Waals surface area contributed by atoms with Crippen LogP contribution in [-0.2, 0) is 6.54 Å². The van der Waals surface area contributed by atoms with Crippen molar-refractivity contribution >= 4 is 17.2 Å². The number of carbonyl (C=O) groups excluding carboxylic acids is 1. The molecule has 4 aromatic rings. The minimum absolute atomic E-state index is 0.459. The fourth-order valence-electron chi connectivity index (χ4n) is 3.01. The number of primary amides is 1. The molecule has 0 saturated heterocycles. The normalized spacial score (nSPS) is 10.8. The van der Waals surface area contributed by atoms with Gasteiger partial charge in [-0.15, -0.1) is 11.3 Å². The van der Waals surface area contributed by atoms with E-state index >= 15 is 0 Å². The summed E-state index contributed by atoms with van der Waals surface area (Å²) in [7, 11) is 1.65. The number of benzene rings is 2. The number of hydrogen-bond acceptors (Lipinski definition) is 5. The second-order valence-electron chi connectivity index (χ2n) is 6.16. The number of aromatic nitrogens is 3. The van der Waals surface area contributed by atoms with E-state index in [0.29, 0.717) is 12.1 Å². The quantitative estimate of drug-likeness (QED) is 0.542. The minimum atomic E-state index is -0.459. The first-order valence-electron chi connectivity index (χ1n) is 8.65. The first kappa shape index (κ1) is 17.9. The molecule has 2 N–H and O–H groups in total. The standard InChI is InChI=1S/C21H18N4O2S/c1-27-16-8-6-14(7-9-16)21-24-15(13-28-21)12-25-19(10-11-23-25)17-4-2-3-5-18(17)20(22)26/h2-11,13H,12H2,1H3,(H2,22,26). The smallest absolute Gasteiger partial charge is 0.249 e. The molecular formula is C21H18N4O2S. The Morgan fingerprint density at radius 1 is 1.14 bits per heavy atom. The molecule has 6 nitrogen and oxygen atoms in total. The number of rotatable bonds is 6. The molecule has 0 unspecified atom stereocenters. The maximum absolute atomic E-state index is 11.8. The van der Waals surface area contributed by atoms with E-state index < -0.39 is 5.91 Å². The molecule has 0 fully saturated rings. The van der Waals surface area contributed by atoms with E-state index in [9.17, 15) is 4.79 Å². The molecule has 0 aliphatic rings. The Bertz CT molecular complexity index is 1120. The van der Waals surface area contributed by atoms with Gasteiger partial charge in [0.2, 0.25) is 5.91 Å². The highest BCUT2D eigenvalue weighted by Crippen LogP contribution is 2.27. The van der Waals surface area contributed by atoms with E-state index in [4.69, 9.17) is 15.5 Å². The number of thiazole rings is 1. The third kappa shape index (κ3) is 3.52. The summed E-state index contributed by atoms with van der Waals surface area (Å²) in [5.74, 6) is 0.355. The van der Waals surface area contributed by atoms with Gasteiger partial charge in [-0.05, 0) is 36.4 Å². The van der Waals surface area contributed by atoms with Gasteiger partial charge >= 0.3 is 0 Å². The lowest BCUT2D eigenvalue weighted by molar-refractivity contribution is 0.100. The second-order valence-corrected chi connectivity index (χ2v) is 7.01. The molecule has 0 radical (unpaired) electrons. The van der Waals surface area contributed by atoms with Gasteiger partial charge in [0.05, 0.1) is 25.0 Å². The number of nitrogens with two attached hydrogens (primary N) is 1. The molecule has 4 rings (SSSR count). The van der Waals surface area contributed by atoms with Crippen molar-refractivity contribution in [3.63, 3.8) is 0 Å². The molecule has 7 heteroatoms. The predicted molar refractivity (Wildman–Crippen MR) is 109 cm³/mol. The molecule has 0 atom stereocenters. The van der Waals surface area contributed by atoms with Gasteiger partial charge in [0.1, 0.15) is 10.8 Å². The molecule has 2 heterocycles. The Labute approximate surface area is 166 Å². The highest BCUT2D eigenvalue weighted by atomic mass is 32.1. The molecule has 2 aromatic heterocycles. The first-order chi connectivity index (χ1) is 13.7. The molecule has 0 bridgehead atoms. The maximum Gasteiger partial charge on any atom is 0.249 e. The van der Waals surface area contributed by atoms with Crippen LogP contribution in [-0.4, -0.2) is 27.8 Å². The zero-order valence-corrected chi connectivity index (χ0v) is 16.0. The number of carbonyl (C=O) groups is 1. The lowest BCUT2D eigenvalue weighted by Gasteiger charge is -2.09. The average molecular weight is 390 g/mol. The Hall–Kier alpha value is -3.45. The summed E-state index contributed by atoms with van der Waals surface area (Å²) in [4.78, 5) is 16.5. The fraction of sp³-hybridized carbons (Fsp3) is 0.0952. The van der Waals surface area contributed by atoms with E-state index in [1.165, 1.54) is 0 Å². The summed E-state index contributed by atoms with van der Waals surface area (Å²) in [5.41, 5.74) is 9.53. The zero-order valence-electron chi connectivity index (χ0n) is 15.2. The van der Waals surface area contributed by atoms with Crippen LogP contribution in [0.15, 0.2) is 66.2 Å². The van der Waals surface area contributed by atoms with Crippen LogP contribution >= 0.6 is 11.3 Å². The van der Waals surface area contributed by atoms with Crippen molar-refractivity contribution in [2.75, 3.05) is 7.11 Å². The summed E-state index contributed by atoms with van der Waals surface area (Å²) in [5, 5.41) is 7.36. The van der Waals surface area contributed by atoms with Gasteiger partial charge in [0.15, 0.2) is 0 Å². The number of ether oxygens (including phenoxy) is 1. The van der Waals surface area contributed by atoms with Crippen LogP contribution in [0.25, 0.3) is 21.8 Å². The van der Waals surface area contributed by atoms with E-state index in [-0.39, 0.29) is 0 Å². The van der Waals surface area contributed by atoms with Gasteiger partial charge in [-0.2, -0.15) is 5.10 Å². The largest absolute Gasteiger partial charge is 0.497 e.